The van der Waals surface area contributed by atoms with Crippen molar-refractivity contribution in [3.63, 3.8) is 0 Å². The van der Waals surface area contributed by atoms with Crippen LogP contribution in [0, 0.1) is 18.6 Å². The molecule has 0 saturated carbocycles. The standard InChI is InChI=1S/C17H18F2N2.C2H6/c1-12-10-14(18)17(15(19)11-12)21-8-5-13(6-9-21)16-4-2-3-7-20-16;1-2/h2-4,7,10-11,13H,5-6,8-9H2,1H3;1-2H3. The molecule has 4 heteroatoms. The molecule has 3 rings (SSSR count). The molecule has 1 aromatic heterocycles. The SMILES string of the molecule is CC.Cc1cc(F)c(N2CCC(c3ccccn3)CC2)c(F)c1. The molecule has 0 unspecified atom stereocenters. The number of aryl methyl sites for hydroxylation is 1. The van der Waals surface area contributed by atoms with Gasteiger partial charge in [0.15, 0.2) is 0 Å². The number of aromatic nitrogens is 1. The molecule has 1 aliphatic rings. The second-order valence-corrected chi connectivity index (χ2v) is 5.59. The molecule has 0 N–H and O–H groups in total. The van der Waals surface area contributed by atoms with E-state index in [2.05, 4.69) is 4.98 Å². The fraction of sp³-hybridized carbons (Fsp3) is 0.421. The maximum Gasteiger partial charge on any atom is 0.149 e. The van der Waals surface area contributed by atoms with Crippen LogP contribution in [0.1, 0.15) is 43.9 Å². The molecule has 1 aliphatic heterocycles. The number of nitrogens with zero attached hydrogens (tertiary/aromatic N) is 2. The molecule has 0 radical (unpaired) electrons. The molecule has 0 bridgehead atoms. The molecule has 0 aliphatic carbocycles. The zero-order chi connectivity index (χ0) is 16.8. The first-order chi connectivity index (χ1) is 11.1. The smallest absolute Gasteiger partial charge is 0.149 e. The highest BCUT2D eigenvalue weighted by Gasteiger charge is 2.25. The van der Waals surface area contributed by atoms with Gasteiger partial charge in [-0.05, 0) is 49.6 Å². The van der Waals surface area contributed by atoms with Gasteiger partial charge in [0.25, 0.3) is 0 Å². The Kier molecular flexibility index (Phi) is 6.08. The Labute approximate surface area is 137 Å². The van der Waals surface area contributed by atoms with Crippen molar-refractivity contribution in [3.05, 3.63) is 59.4 Å². The zero-order valence-electron chi connectivity index (χ0n) is 14.0. The summed E-state index contributed by atoms with van der Waals surface area (Å²) in [5.41, 5.74) is 1.79. The van der Waals surface area contributed by atoms with Crippen molar-refractivity contribution in [2.24, 2.45) is 0 Å². The minimum atomic E-state index is -0.469. The molecule has 1 aromatic carbocycles. The van der Waals surface area contributed by atoms with E-state index in [1.807, 2.05) is 36.9 Å². The van der Waals surface area contributed by atoms with E-state index in [-0.39, 0.29) is 5.69 Å². The van der Waals surface area contributed by atoms with Gasteiger partial charge < -0.3 is 4.90 Å². The maximum atomic E-state index is 14.0. The average molecular weight is 318 g/mol. The van der Waals surface area contributed by atoms with Crippen LogP contribution in [0.2, 0.25) is 0 Å². The Hall–Kier alpha value is -1.97. The summed E-state index contributed by atoms with van der Waals surface area (Å²) in [5, 5.41) is 0. The highest BCUT2D eigenvalue weighted by Crippen LogP contribution is 2.32. The Morgan fingerprint density at radius 1 is 1.04 bits per heavy atom. The maximum absolute atomic E-state index is 14.0. The molecule has 1 fully saturated rings. The molecule has 2 heterocycles. The van der Waals surface area contributed by atoms with Crippen molar-refractivity contribution in [1.29, 1.82) is 0 Å². The van der Waals surface area contributed by atoms with Gasteiger partial charge >= 0.3 is 0 Å². The van der Waals surface area contributed by atoms with E-state index in [1.54, 1.807) is 13.1 Å². The van der Waals surface area contributed by atoms with Crippen molar-refractivity contribution < 1.29 is 8.78 Å². The monoisotopic (exact) mass is 318 g/mol. The third kappa shape index (κ3) is 4.06. The third-order valence-electron chi connectivity index (χ3n) is 4.08. The van der Waals surface area contributed by atoms with Crippen LogP contribution in [0.3, 0.4) is 0 Å². The lowest BCUT2D eigenvalue weighted by molar-refractivity contribution is 0.479. The van der Waals surface area contributed by atoms with Crippen molar-refractivity contribution in [2.75, 3.05) is 18.0 Å². The summed E-state index contributed by atoms with van der Waals surface area (Å²) in [6.45, 7) is 7.00. The molecular weight excluding hydrogens is 294 g/mol. The second-order valence-electron chi connectivity index (χ2n) is 5.59. The van der Waals surface area contributed by atoms with E-state index in [0.29, 0.717) is 24.6 Å². The van der Waals surface area contributed by atoms with Crippen molar-refractivity contribution in [3.8, 4) is 0 Å². The normalized spacial score (nSPS) is 15.1. The fourth-order valence-corrected chi connectivity index (χ4v) is 3.01. The van der Waals surface area contributed by atoms with Gasteiger partial charge in [-0.1, -0.05) is 19.9 Å². The van der Waals surface area contributed by atoms with Gasteiger partial charge in [-0.15, -0.1) is 0 Å². The first-order valence-corrected chi connectivity index (χ1v) is 8.26. The predicted molar refractivity (Wildman–Crippen MR) is 90.9 cm³/mol. The fourth-order valence-electron chi connectivity index (χ4n) is 3.01. The summed E-state index contributed by atoms with van der Waals surface area (Å²) in [4.78, 5) is 6.19. The first-order valence-electron chi connectivity index (χ1n) is 8.26. The Morgan fingerprint density at radius 2 is 1.65 bits per heavy atom. The van der Waals surface area contributed by atoms with Crippen LogP contribution in [0.5, 0.6) is 0 Å². The zero-order valence-corrected chi connectivity index (χ0v) is 14.0. The quantitative estimate of drug-likeness (QED) is 0.768. The number of anilines is 1. The summed E-state index contributed by atoms with van der Waals surface area (Å²) < 4.78 is 28.0. The lowest BCUT2D eigenvalue weighted by Gasteiger charge is -2.33. The summed E-state index contributed by atoms with van der Waals surface area (Å²) in [5.74, 6) is -0.563. The van der Waals surface area contributed by atoms with E-state index in [1.165, 1.54) is 12.1 Å². The lowest BCUT2D eigenvalue weighted by atomic mass is 9.92. The lowest BCUT2D eigenvalue weighted by Crippen LogP contribution is -2.34. The van der Waals surface area contributed by atoms with E-state index >= 15 is 0 Å². The highest BCUT2D eigenvalue weighted by molar-refractivity contribution is 5.51. The van der Waals surface area contributed by atoms with Crippen LogP contribution in [-0.4, -0.2) is 18.1 Å². The van der Waals surface area contributed by atoms with Gasteiger partial charge in [0.05, 0.1) is 0 Å². The van der Waals surface area contributed by atoms with Crippen molar-refractivity contribution in [1.82, 2.24) is 4.98 Å². The average Bonchev–Trinajstić information content (AvgIpc) is 2.57. The number of benzene rings is 1. The summed E-state index contributed by atoms with van der Waals surface area (Å²) in [7, 11) is 0. The molecule has 2 aromatic rings. The number of halogens is 2. The topological polar surface area (TPSA) is 16.1 Å². The van der Waals surface area contributed by atoms with E-state index in [0.717, 1.165) is 18.5 Å². The van der Waals surface area contributed by atoms with Gasteiger partial charge in [0.1, 0.15) is 17.3 Å². The van der Waals surface area contributed by atoms with Gasteiger partial charge in [0, 0.05) is 30.9 Å². The van der Waals surface area contributed by atoms with E-state index in [9.17, 15) is 8.78 Å². The predicted octanol–water partition coefficient (Wildman–Crippen LogP) is 5.08. The second kappa shape index (κ2) is 8.04. The Morgan fingerprint density at radius 3 is 2.17 bits per heavy atom. The van der Waals surface area contributed by atoms with Crippen LogP contribution in [0.25, 0.3) is 0 Å². The van der Waals surface area contributed by atoms with Gasteiger partial charge in [-0.25, -0.2) is 8.78 Å². The minimum absolute atomic E-state index is 0.111. The number of hydrogen-bond donors (Lipinski definition) is 0. The van der Waals surface area contributed by atoms with Gasteiger partial charge in [0.2, 0.25) is 0 Å². The first kappa shape index (κ1) is 17.4. The van der Waals surface area contributed by atoms with E-state index in [4.69, 9.17) is 0 Å². The van der Waals surface area contributed by atoms with Crippen LogP contribution in [0.15, 0.2) is 36.5 Å². The molecule has 1 saturated heterocycles. The number of hydrogen-bond acceptors (Lipinski definition) is 2. The summed E-state index contributed by atoms with van der Waals surface area (Å²) in [6, 6.07) is 8.68. The Balaban J connectivity index is 0.000000924. The molecular formula is C19H24F2N2. The number of rotatable bonds is 2. The van der Waals surface area contributed by atoms with Gasteiger partial charge in [-0.3, -0.25) is 4.98 Å². The molecule has 0 amide bonds. The van der Waals surface area contributed by atoms with Crippen LogP contribution in [0.4, 0.5) is 14.5 Å². The number of piperidine rings is 1. The molecule has 124 valence electrons. The minimum Gasteiger partial charge on any atom is -0.367 e. The summed E-state index contributed by atoms with van der Waals surface area (Å²) >= 11 is 0. The highest BCUT2D eigenvalue weighted by atomic mass is 19.1. The number of pyridine rings is 1. The van der Waals surface area contributed by atoms with Crippen LogP contribution < -0.4 is 4.90 Å². The molecule has 23 heavy (non-hydrogen) atoms. The molecule has 2 nitrogen and oxygen atoms in total. The van der Waals surface area contributed by atoms with Crippen molar-refractivity contribution >= 4 is 5.69 Å². The third-order valence-corrected chi connectivity index (χ3v) is 4.08. The van der Waals surface area contributed by atoms with Gasteiger partial charge in [-0.2, -0.15) is 0 Å². The summed E-state index contributed by atoms with van der Waals surface area (Å²) in [6.07, 6.45) is 3.52. The van der Waals surface area contributed by atoms with E-state index < -0.39 is 11.6 Å². The molecule has 0 spiro atoms. The Bertz CT molecular complexity index is 598. The van der Waals surface area contributed by atoms with Crippen LogP contribution in [-0.2, 0) is 0 Å². The largest absolute Gasteiger partial charge is 0.367 e. The van der Waals surface area contributed by atoms with Crippen molar-refractivity contribution in [2.45, 2.75) is 39.5 Å². The van der Waals surface area contributed by atoms with Crippen LogP contribution >= 0.6 is 0 Å². The molecule has 0 atom stereocenters.